The number of allylic oxidation sites excluding steroid dienone is 8. The zero-order valence-electron chi connectivity index (χ0n) is 45.4. The fourth-order valence-corrected chi connectivity index (χ4v) is 8.67. The van der Waals surface area contributed by atoms with E-state index in [4.69, 9.17) is 14.2 Å². The summed E-state index contributed by atoms with van der Waals surface area (Å²) in [5, 5.41) is 0. The molecule has 0 saturated carbocycles. The summed E-state index contributed by atoms with van der Waals surface area (Å²) in [6.45, 7) is 6.48. The third-order valence-electron chi connectivity index (χ3n) is 13.1. The molecule has 0 aliphatic heterocycles. The summed E-state index contributed by atoms with van der Waals surface area (Å²) in [6, 6.07) is 0. The molecule has 0 aliphatic carbocycles. The molecule has 6 heteroatoms. The first-order valence-electron chi connectivity index (χ1n) is 29.6. The number of rotatable bonds is 54. The zero-order chi connectivity index (χ0) is 49.3. The molecule has 0 aliphatic rings. The number of esters is 3. The third-order valence-corrected chi connectivity index (χ3v) is 13.1. The van der Waals surface area contributed by atoms with Crippen molar-refractivity contribution < 1.29 is 28.6 Å². The van der Waals surface area contributed by atoms with Crippen LogP contribution in [0.15, 0.2) is 48.6 Å². The molecule has 396 valence electrons. The molecule has 0 spiro atoms. The van der Waals surface area contributed by atoms with Crippen molar-refractivity contribution in [1.29, 1.82) is 0 Å². The molecule has 0 aromatic carbocycles. The van der Waals surface area contributed by atoms with E-state index in [0.29, 0.717) is 19.3 Å². The van der Waals surface area contributed by atoms with Gasteiger partial charge in [0.05, 0.1) is 0 Å². The van der Waals surface area contributed by atoms with Crippen molar-refractivity contribution in [3.05, 3.63) is 48.6 Å². The first kappa shape index (κ1) is 65.4. The van der Waals surface area contributed by atoms with Crippen LogP contribution in [0.1, 0.15) is 310 Å². The summed E-state index contributed by atoms with van der Waals surface area (Å²) in [5.74, 6) is -0.866. The average molecular weight is 954 g/mol. The van der Waals surface area contributed by atoms with Crippen LogP contribution in [0.3, 0.4) is 0 Å². The van der Waals surface area contributed by atoms with Crippen molar-refractivity contribution >= 4 is 17.9 Å². The number of carbonyl (C=O) groups is 3. The van der Waals surface area contributed by atoms with Crippen LogP contribution >= 0.6 is 0 Å². The SMILES string of the molecule is CC/C=C\C/C=C\C/C=C\C/C=C\CCCCCCCCCCCCCCCCCCC(=O)OCC(COC(=O)CCCCCCC)OC(=O)CCCCCCCCCCCCCCCCCC. The molecule has 1 unspecified atom stereocenters. The van der Waals surface area contributed by atoms with E-state index >= 15 is 0 Å². The van der Waals surface area contributed by atoms with Gasteiger partial charge in [0.1, 0.15) is 13.2 Å². The lowest BCUT2D eigenvalue weighted by Gasteiger charge is -2.18. The molecule has 1 atom stereocenters. The second-order valence-corrected chi connectivity index (χ2v) is 19.9. The maximum Gasteiger partial charge on any atom is 0.306 e. The standard InChI is InChI=1S/C62H112O6/c1-4-7-10-13-15-17-19-21-23-25-26-27-28-29-30-31-32-33-34-35-36-37-39-40-42-44-46-49-52-55-61(64)67-58-59(57-66-60(63)54-51-48-12-9-6-3)68-62(65)56-53-50-47-45-43-41-38-24-22-20-18-16-14-11-8-5-2/h7,10,15,17,21,23,26-27,59H,4-6,8-9,11-14,16,18-20,22,24-25,28-58H2,1-3H3/b10-7-,17-15-,23-21-,27-26-. The van der Waals surface area contributed by atoms with Gasteiger partial charge in [-0.2, -0.15) is 0 Å². The van der Waals surface area contributed by atoms with Gasteiger partial charge in [0.15, 0.2) is 6.10 Å². The highest BCUT2D eigenvalue weighted by atomic mass is 16.6. The summed E-state index contributed by atoms with van der Waals surface area (Å²) < 4.78 is 16.7. The van der Waals surface area contributed by atoms with E-state index < -0.39 is 6.10 Å². The lowest BCUT2D eigenvalue weighted by molar-refractivity contribution is -0.167. The Bertz CT molecular complexity index is 1190. The van der Waals surface area contributed by atoms with Crippen LogP contribution in [0.25, 0.3) is 0 Å². The Morgan fingerprint density at radius 2 is 0.574 bits per heavy atom. The van der Waals surface area contributed by atoms with Crippen molar-refractivity contribution in [3.63, 3.8) is 0 Å². The monoisotopic (exact) mass is 953 g/mol. The quantitative estimate of drug-likeness (QED) is 0.0262. The topological polar surface area (TPSA) is 78.9 Å². The minimum Gasteiger partial charge on any atom is -0.462 e. The smallest absolute Gasteiger partial charge is 0.306 e. The van der Waals surface area contributed by atoms with Crippen LogP contribution in [-0.2, 0) is 28.6 Å². The van der Waals surface area contributed by atoms with Gasteiger partial charge in [-0.05, 0) is 57.8 Å². The lowest BCUT2D eigenvalue weighted by atomic mass is 10.0. The molecular weight excluding hydrogens is 841 g/mol. The van der Waals surface area contributed by atoms with Crippen LogP contribution < -0.4 is 0 Å². The Labute approximate surface area is 422 Å². The van der Waals surface area contributed by atoms with Gasteiger partial charge in [-0.15, -0.1) is 0 Å². The minimum absolute atomic E-state index is 0.0684. The Kier molecular flexibility index (Phi) is 54.8. The molecule has 6 nitrogen and oxygen atoms in total. The number of hydrogen-bond donors (Lipinski definition) is 0. The van der Waals surface area contributed by atoms with E-state index in [9.17, 15) is 14.4 Å². The van der Waals surface area contributed by atoms with Crippen molar-refractivity contribution in [3.8, 4) is 0 Å². The first-order valence-corrected chi connectivity index (χ1v) is 29.6. The summed E-state index contributed by atoms with van der Waals surface area (Å²) in [7, 11) is 0. The maximum absolute atomic E-state index is 12.8. The molecular formula is C62H112O6. The van der Waals surface area contributed by atoms with Crippen LogP contribution in [0.5, 0.6) is 0 Å². The lowest BCUT2D eigenvalue weighted by Crippen LogP contribution is -2.30. The van der Waals surface area contributed by atoms with Crippen LogP contribution in [0.4, 0.5) is 0 Å². The molecule has 0 rings (SSSR count). The van der Waals surface area contributed by atoms with E-state index in [1.807, 2.05) is 0 Å². The van der Waals surface area contributed by atoms with Crippen molar-refractivity contribution in [2.24, 2.45) is 0 Å². The summed E-state index contributed by atoms with van der Waals surface area (Å²) >= 11 is 0. The largest absolute Gasteiger partial charge is 0.462 e. The van der Waals surface area contributed by atoms with Crippen LogP contribution in [-0.4, -0.2) is 37.2 Å². The number of carbonyl (C=O) groups excluding carboxylic acids is 3. The van der Waals surface area contributed by atoms with E-state index in [1.165, 1.54) is 180 Å². The van der Waals surface area contributed by atoms with E-state index in [2.05, 4.69) is 69.4 Å². The van der Waals surface area contributed by atoms with Crippen LogP contribution in [0.2, 0.25) is 0 Å². The van der Waals surface area contributed by atoms with E-state index in [1.54, 1.807) is 0 Å². The molecule has 0 fully saturated rings. The van der Waals surface area contributed by atoms with Gasteiger partial charge >= 0.3 is 17.9 Å². The highest BCUT2D eigenvalue weighted by Gasteiger charge is 2.19. The zero-order valence-corrected chi connectivity index (χ0v) is 45.4. The molecule has 0 N–H and O–H groups in total. The first-order chi connectivity index (χ1) is 33.5. The predicted octanol–water partition coefficient (Wildman–Crippen LogP) is 19.8. The fourth-order valence-electron chi connectivity index (χ4n) is 8.67. The highest BCUT2D eigenvalue weighted by molar-refractivity contribution is 5.71. The number of unbranched alkanes of at least 4 members (excludes halogenated alkanes) is 35. The van der Waals surface area contributed by atoms with Gasteiger partial charge in [-0.1, -0.05) is 281 Å². The summed E-state index contributed by atoms with van der Waals surface area (Å²) in [6.07, 6.45) is 70.2. The maximum atomic E-state index is 12.8. The molecule has 68 heavy (non-hydrogen) atoms. The van der Waals surface area contributed by atoms with Crippen LogP contribution in [0, 0.1) is 0 Å². The second-order valence-electron chi connectivity index (χ2n) is 19.9. The molecule has 0 saturated heterocycles. The number of ether oxygens (including phenoxy) is 3. The number of hydrogen-bond acceptors (Lipinski definition) is 6. The average Bonchev–Trinajstić information content (AvgIpc) is 3.34. The van der Waals surface area contributed by atoms with Gasteiger partial charge in [-0.3, -0.25) is 14.4 Å². The molecule has 0 aromatic heterocycles. The summed E-state index contributed by atoms with van der Waals surface area (Å²) in [5.41, 5.74) is 0. The normalized spacial score (nSPS) is 12.3. The Morgan fingerprint density at radius 1 is 0.309 bits per heavy atom. The van der Waals surface area contributed by atoms with Gasteiger partial charge in [-0.25, -0.2) is 0 Å². The predicted molar refractivity (Wildman–Crippen MR) is 293 cm³/mol. The molecule has 0 amide bonds. The summed E-state index contributed by atoms with van der Waals surface area (Å²) in [4.78, 5) is 37.8. The Balaban J connectivity index is 3.97. The van der Waals surface area contributed by atoms with Gasteiger partial charge < -0.3 is 14.2 Å². The Morgan fingerprint density at radius 3 is 0.897 bits per heavy atom. The third kappa shape index (κ3) is 54.3. The second kappa shape index (κ2) is 57.0. The van der Waals surface area contributed by atoms with E-state index in [0.717, 1.165) is 89.9 Å². The minimum atomic E-state index is -0.765. The van der Waals surface area contributed by atoms with Gasteiger partial charge in [0.2, 0.25) is 0 Å². The van der Waals surface area contributed by atoms with Crippen molar-refractivity contribution in [2.75, 3.05) is 13.2 Å². The highest BCUT2D eigenvalue weighted by Crippen LogP contribution is 2.17. The fraction of sp³-hybridized carbons (Fsp3) is 0.823. The molecule has 0 bridgehead atoms. The van der Waals surface area contributed by atoms with Gasteiger partial charge in [0, 0.05) is 19.3 Å². The van der Waals surface area contributed by atoms with Crippen molar-refractivity contribution in [1.82, 2.24) is 0 Å². The molecule has 0 heterocycles. The molecule has 0 aromatic rings. The van der Waals surface area contributed by atoms with Crippen molar-refractivity contribution in [2.45, 2.75) is 316 Å². The molecule has 0 radical (unpaired) electrons. The van der Waals surface area contributed by atoms with Gasteiger partial charge in [0.25, 0.3) is 0 Å². The Hall–Kier alpha value is -2.63. The van der Waals surface area contributed by atoms with E-state index in [-0.39, 0.29) is 31.1 Å².